The molecule has 4 nitrogen and oxygen atoms in total. The largest absolute Gasteiger partial charge is 0.388 e. The molecule has 0 amide bonds. The van der Waals surface area contributed by atoms with E-state index in [0.717, 1.165) is 0 Å². The summed E-state index contributed by atoms with van der Waals surface area (Å²) < 4.78 is 16.6. The van der Waals surface area contributed by atoms with Crippen LogP contribution in [0.1, 0.15) is 34.1 Å². The highest BCUT2D eigenvalue weighted by atomic mass is 16.7. The first-order chi connectivity index (χ1) is 7.39. The van der Waals surface area contributed by atoms with Crippen LogP contribution in [0.15, 0.2) is 0 Å². The van der Waals surface area contributed by atoms with Gasteiger partial charge in [0.25, 0.3) is 0 Å². The molecule has 1 aliphatic heterocycles. The molecule has 0 bridgehead atoms. The van der Waals surface area contributed by atoms with Crippen molar-refractivity contribution in [2.24, 2.45) is 5.92 Å². The van der Waals surface area contributed by atoms with Crippen molar-refractivity contribution in [2.75, 3.05) is 13.7 Å². The van der Waals surface area contributed by atoms with E-state index in [4.69, 9.17) is 14.2 Å². The molecule has 96 valence electrons. The van der Waals surface area contributed by atoms with Gasteiger partial charge in [-0.25, -0.2) is 0 Å². The first kappa shape index (κ1) is 13.9. The van der Waals surface area contributed by atoms with Gasteiger partial charge in [-0.1, -0.05) is 13.8 Å². The van der Waals surface area contributed by atoms with Crippen LogP contribution >= 0.6 is 0 Å². The number of rotatable bonds is 4. The first-order valence-electron chi connectivity index (χ1n) is 5.89. The number of methoxy groups -OCH3 is 1. The van der Waals surface area contributed by atoms with Gasteiger partial charge in [0.15, 0.2) is 6.29 Å². The van der Waals surface area contributed by atoms with Crippen molar-refractivity contribution in [1.82, 2.24) is 0 Å². The fraction of sp³-hybridized carbons (Fsp3) is 1.00. The van der Waals surface area contributed by atoms with Crippen LogP contribution in [-0.4, -0.2) is 42.9 Å². The molecule has 1 saturated heterocycles. The molecule has 0 saturated carbocycles. The van der Waals surface area contributed by atoms with Crippen LogP contribution in [0.3, 0.4) is 0 Å². The maximum absolute atomic E-state index is 9.78. The average Bonchev–Trinajstić information content (AvgIpc) is 2.23. The maximum atomic E-state index is 9.78. The zero-order valence-electron chi connectivity index (χ0n) is 10.9. The molecule has 1 fully saturated rings. The summed E-state index contributed by atoms with van der Waals surface area (Å²) in [6.07, 6.45) is -0.180. The van der Waals surface area contributed by atoms with Crippen molar-refractivity contribution >= 4 is 0 Å². The third-order valence-electron chi connectivity index (χ3n) is 3.49. The Morgan fingerprint density at radius 1 is 1.38 bits per heavy atom. The van der Waals surface area contributed by atoms with Crippen molar-refractivity contribution in [1.29, 1.82) is 0 Å². The SMILES string of the molecule is COC1(C)CC(OC(C)C(C)C)OCC1O. The van der Waals surface area contributed by atoms with E-state index >= 15 is 0 Å². The van der Waals surface area contributed by atoms with E-state index in [0.29, 0.717) is 12.3 Å². The lowest BCUT2D eigenvalue weighted by Gasteiger charge is -2.41. The van der Waals surface area contributed by atoms with Gasteiger partial charge in [0.2, 0.25) is 0 Å². The van der Waals surface area contributed by atoms with Gasteiger partial charge in [-0.3, -0.25) is 0 Å². The highest BCUT2D eigenvalue weighted by molar-refractivity contribution is 4.88. The Hall–Kier alpha value is -0.160. The third kappa shape index (κ3) is 3.17. The van der Waals surface area contributed by atoms with E-state index in [1.165, 1.54) is 0 Å². The first-order valence-corrected chi connectivity index (χ1v) is 5.89. The fourth-order valence-electron chi connectivity index (χ4n) is 1.60. The molecule has 0 aromatic rings. The minimum absolute atomic E-state index is 0.140. The van der Waals surface area contributed by atoms with Gasteiger partial charge < -0.3 is 19.3 Å². The van der Waals surface area contributed by atoms with E-state index < -0.39 is 11.7 Å². The van der Waals surface area contributed by atoms with Gasteiger partial charge in [-0.2, -0.15) is 0 Å². The summed E-state index contributed by atoms with van der Waals surface area (Å²) in [7, 11) is 1.61. The van der Waals surface area contributed by atoms with E-state index in [2.05, 4.69) is 13.8 Å². The van der Waals surface area contributed by atoms with Crippen molar-refractivity contribution in [3.8, 4) is 0 Å². The molecule has 0 aromatic carbocycles. The molecule has 4 unspecified atom stereocenters. The second kappa shape index (κ2) is 5.45. The Labute approximate surface area is 97.9 Å². The van der Waals surface area contributed by atoms with Gasteiger partial charge in [0.1, 0.15) is 6.10 Å². The predicted octanol–water partition coefficient (Wildman–Crippen LogP) is 1.56. The minimum Gasteiger partial charge on any atom is -0.388 e. The molecule has 1 aliphatic rings. The molecule has 4 atom stereocenters. The summed E-state index contributed by atoms with van der Waals surface area (Å²) in [6, 6.07) is 0. The monoisotopic (exact) mass is 232 g/mol. The van der Waals surface area contributed by atoms with Crippen molar-refractivity contribution in [3.63, 3.8) is 0 Å². The number of ether oxygens (including phenoxy) is 3. The van der Waals surface area contributed by atoms with Crippen molar-refractivity contribution in [3.05, 3.63) is 0 Å². The van der Waals surface area contributed by atoms with Gasteiger partial charge in [-0.05, 0) is 19.8 Å². The van der Waals surface area contributed by atoms with Crippen LogP contribution in [0.2, 0.25) is 0 Å². The van der Waals surface area contributed by atoms with Crippen molar-refractivity contribution in [2.45, 2.75) is 58.2 Å². The summed E-state index contributed by atoms with van der Waals surface area (Å²) in [5.74, 6) is 0.448. The Balaban J connectivity index is 2.52. The van der Waals surface area contributed by atoms with Gasteiger partial charge in [0, 0.05) is 13.5 Å². The maximum Gasteiger partial charge on any atom is 0.160 e. The van der Waals surface area contributed by atoms with Crippen LogP contribution in [0.4, 0.5) is 0 Å². The molecule has 0 radical (unpaired) electrons. The average molecular weight is 232 g/mol. The molecular weight excluding hydrogens is 208 g/mol. The lowest BCUT2D eigenvalue weighted by molar-refractivity contribution is -0.265. The van der Waals surface area contributed by atoms with Crippen LogP contribution in [0.5, 0.6) is 0 Å². The quantitative estimate of drug-likeness (QED) is 0.799. The zero-order valence-corrected chi connectivity index (χ0v) is 10.9. The second-order valence-corrected chi connectivity index (χ2v) is 5.08. The van der Waals surface area contributed by atoms with Gasteiger partial charge >= 0.3 is 0 Å². The Morgan fingerprint density at radius 3 is 2.50 bits per heavy atom. The Kier molecular flexibility index (Phi) is 4.73. The van der Waals surface area contributed by atoms with Crippen LogP contribution in [0.25, 0.3) is 0 Å². The topological polar surface area (TPSA) is 47.9 Å². The standard InChI is InChI=1S/C12H24O4/c1-8(2)9(3)16-11-6-12(4,14-5)10(13)7-15-11/h8-11,13H,6-7H2,1-5H3. The highest BCUT2D eigenvalue weighted by Gasteiger charge is 2.41. The van der Waals surface area contributed by atoms with E-state index in [9.17, 15) is 5.11 Å². The smallest absolute Gasteiger partial charge is 0.160 e. The highest BCUT2D eigenvalue weighted by Crippen LogP contribution is 2.29. The van der Waals surface area contributed by atoms with E-state index in [1.54, 1.807) is 7.11 Å². The second-order valence-electron chi connectivity index (χ2n) is 5.08. The number of hydrogen-bond acceptors (Lipinski definition) is 4. The lowest BCUT2D eigenvalue weighted by atomic mass is 9.92. The molecule has 0 aromatic heterocycles. The minimum atomic E-state index is -0.591. The van der Waals surface area contributed by atoms with Gasteiger partial charge in [-0.15, -0.1) is 0 Å². The molecule has 4 heteroatoms. The molecule has 0 spiro atoms. The van der Waals surface area contributed by atoms with Crippen molar-refractivity contribution < 1.29 is 19.3 Å². The van der Waals surface area contributed by atoms with E-state index in [-0.39, 0.29) is 19.0 Å². The third-order valence-corrected chi connectivity index (χ3v) is 3.49. The van der Waals surface area contributed by atoms with Crippen LogP contribution in [-0.2, 0) is 14.2 Å². The summed E-state index contributed by atoms with van der Waals surface area (Å²) >= 11 is 0. The lowest BCUT2D eigenvalue weighted by Crippen LogP contribution is -2.52. The summed E-state index contributed by atoms with van der Waals surface area (Å²) in [5, 5.41) is 9.78. The molecule has 1 N–H and O–H groups in total. The predicted molar refractivity (Wildman–Crippen MR) is 61.2 cm³/mol. The Bertz CT molecular complexity index is 219. The number of aliphatic hydroxyl groups excluding tert-OH is 1. The summed E-state index contributed by atoms with van der Waals surface area (Å²) in [5.41, 5.74) is -0.570. The summed E-state index contributed by atoms with van der Waals surface area (Å²) in [4.78, 5) is 0. The normalized spacial score (nSPS) is 37.7. The van der Waals surface area contributed by atoms with E-state index in [1.807, 2.05) is 13.8 Å². The molecular formula is C12H24O4. The fourth-order valence-corrected chi connectivity index (χ4v) is 1.60. The number of hydrogen-bond donors (Lipinski definition) is 1. The van der Waals surface area contributed by atoms with Crippen LogP contribution in [0, 0.1) is 5.92 Å². The van der Waals surface area contributed by atoms with Crippen LogP contribution < -0.4 is 0 Å². The number of aliphatic hydroxyl groups is 1. The molecule has 0 aliphatic carbocycles. The molecule has 1 heterocycles. The Morgan fingerprint density at radius 2 is 2.00 bits per heavy atom. The summed E-state index contributed by atoms with van der Waals surface area (Å²) in [6.45, 7) is 8.40. The molecule has 1 rings (SSSR count). The molecule has 16 heavy (non-hydrogen) atoms. The zero-order chi connectivity index (χ0) is 12.3. The van der Waals surface area contributed by atoms with Gasteiger partial charge in [0.05, 0.1) is 18.3 Å².